The van der Waals surface area contributed by atoms with Crippen molar-refractivity contribution in [2.45, 2.75) is 31.9 Å². The Balaban J connectivity index is 2.35. The first-order valence-electron chi connectivity index (χ1n) is 6.90. The molecule has 0 aliphatic carbocycles. The highest BCUT2D eigenvalue weighted by molar-refractivity contribution is 5.45. The van der Waals surface area contributed by atoms with E-state index in [1.807, 2.05) is 6.92 Å². The van der Waals surface area contributed by atoms with Gasteiger partial charge >= 0.3 is 6.18 Å². The van der Waals surface area contributed by atoms with E-state index in [9.17, 15) is 13.2 Å². The molecule has 1 unspecified atom stereocenters. The van der Waals surface area contributed by atoms with Crippen molar-refractivity contribution in [3.05, 3.63) is 29.3 Å². The van der Waals surface area contributed by atoms with Gasteiger partial charge in [-0.25, -0.2) is 0 Å². The summed E-state index contributed by atoms with van der Waals surface area (Å²) < 4.78 is 44.2. The molecular formula is C15H20F3NO. The molecule has 1 saturated heterocycles. The number of hydrogen-bond donors (Lipinski definition) is 1. The van der Waals surface area contributed by atoms with Gasteiger partial charge in [0.05, 0.1) is 12.7 Å². The summed E-state index contributed by atoms with van der Waals surface area (Å²) >= 11 is 0. The third-order valence-corrected chi connectivity index (χ3v) is 4.14. The van der Waals surface area contributed by atoms with Gasteiger partial charge in [-0.3, -0.25) is 0 Å². The zero-order valence-corrected chi connectivity index (χ0v) is 11.8. The number of benzene rings is 1. The second-order valence-electron chi connectivity index (χ2n) is 5.30. The van der Waals surface area contributed by atoms with Crippen LogP contribution in [0.5, 0.6) is 5.75 Å². The normalized spacial score (nSPS) is 18.9. The van der Waals surface area contributed by atoms with Gasteiger partial charge < -0.3 is 10.1 Å². The summed E-state index contributed by atoms with van der Waals surface area (Å²) in [7, 11) is 1.31. The van der Waals surface area contributed by atoms with Gasteiger partial charge in [-0.1, -0.05) is 19.1 Å². The minimum absolute atomic E-state index is 0.0222. The van der Waals surface area contributed by atoms with Crippen LogP contribution in [-0.4, -0.2) is 20.2 Å². The molecule has 0 aromatic heterocycles. The molecule has 1 aliphatic rings. The van der Waals surface area contributed by atoms with Crippen molar-refractivity contribution in [3.63, 3.8) is 0 Å². The molecule has 1 heterocycles. The van der Waals surface area contributed by atoms with E-state index >= 15 is 0 Å². The van der Waals surface area contributed by atoms with Crippen LogP contribution in [0.15, 0.2) is 18.2 Å². The van der Waals surface area contributed by atoms with E-state index in [2.05, 4.69) is 5.32 Å². The van der Waals surface area contributed by atoms with Crippen LogP contribution in [-0.2, 0) is 6.18 Å². The number of para-hydroxylation sites is 1. The average molecular weight is 287 g/mol. The van der Waals surface area contributed by atoms with Gasteiger partial charge in [0.25, 0.3) is 0 Å². The van der Waals surface area contributed by atoms with Crippen LogP contribution in [0.1, 0.15) is 36.8 Å². The van der Waals surface area contributed by atoms with E-state index < -0.39 is 11.7 Å². The SMILES string of the molecule is COc1c(C(C)C2CCNCC2)cccc1C(F)(F)F. The van der Waals surface area contributed by atoms with E-state index in [-0.39, 0.29) is 11.7 Å². The molecule has 0 bridgehead atoms. The van der Waals surface area contributed by atoms with Crippen LogP contribution in [0.2, 0.25) is 0 Å². The predicted octanol–water partition coefficient (Wildman–Crippen LogP) is 3.82. The highest BCUT2D eigenvalue weighted by Gasteiger charge is 2.36. The van der Waals surface area contributed by atoms with Gasteiger partial charge in [-0.15, -0.1) is 0 Å². The first-order valence-corrected chi connectivity index (χ1v) is 6.90. The second kappa shape index (κ2) is 6.04. The van der Waals surface area contributed by atoms with Crippen LogP contribution in [0, 0.1) is 5.92 Å². The van der Waals surface area contributed by atoms with Crippen LogP contribution >= 0.6 is 0 Å². The number of nitrogens with one attached hydrogen (secondary N) is 1. The molecule has 0 spiro atoms. The molecule has 0 saturated carbocycles. The highest BCUT2D eigenvalue weighted by Crippen LogP contribution is 2.43. The molecule has 1 fully saturated rings. The molecule has 1 aliphatic heterocycles. The molecule has 0 radical (unpaired) electrons. The molecule has 20 heavy (non-hydrogen) atoms. The lowest BCUT2D eigenvalue weighted by molar-refractivity contribution is -0.138. The summed E-state index contributed by atoms with van der Waals surface area (Å²) in [5.74, 6) is 0.439. The smallest absolute Gasteiger partial charge is 0.419 e. The van der Waals surface area contributed by atoms with Gasteiger partial charge in [0.2, 0.25) is 0 Å². The van der Waals surface area contributed by atoms with E-state index in [0.29, 0.717) is 11.5 Å². The topological polar surface area (TPSA) is 21.3 Å². The largest absolute Gasteiger partial charge is 0.496 e. The summed E-state index contributed by atoms with van der Waals surface area (Å²) in [6.45, 7) is 3.85. The van der Waals surface area contributed by atoms with E-state index in [1.165, 1.54) is 13.2 Å². The van der Waals surface area contributed by atoms with Crippen molar-refractivity contribution in [2.24, 2.45) is 5.92 Å². The molecule has 2 nitrogen and oxygen atoms in total. The number of alkyl halides is 3. The molecule has 2 rings (SSSR count). The van der Waals surface area contributed by atoms with Crippen molar-refractivity contribution in [2.75, 3.05) is 20.2 Å². The molecule has 1 aromatic carbocycles. The van der Waals surface area contributed by atoms with Crippen molar-refractivity contribution >= 4 is 0 Å². The lowest BCUT2D eigenvalue weighted by Crippen LogP contribution is -2.30. The monoisotopic (exact) mass is 287 g/mol. The Labute approximate surface area is 117 Å². The maximum atomic E-state index is 13.0. The molecule has 112 valence electrons. The molecule has 1 atom stereocenters. The zero-order valence-electron chi connectivity index (χ0n) is 11.8. The lowest BCUT2D eigenvalue weighted by atomic mass is 9.81. The van der Waals surface area contributed by atoms with Crippen LogP contribution in [0.25, 0.3) is 0 Å². The Kier molecular flexibility index (Phi) is 4.58. The first-order chi connectivity index (χ1) is 9.45. The van der Waals surface area contributed by atoms with Crippen molar-refractivity contribution < 1.29 is 17.9 Å². The number of hydrogen-bond acceptors (Lipinski definition) is 2. The van der Waals surface area contributed by atoms with Gasteiger partial charge in [0, 0.05) is 0 Å². The third kappa shape index (κ3) is 3.08. The lowest BCUT2D eigenvalue weighted by Gasteiger charge is -2.30. The molecule has 1 N–H and O–H groups in total. The standard InChI is InChI=1S/C15H20F3NO/c1-10(11-6-8-19-9-7-11)12-4-3-5-13(14(12)20-2)15(16,17)18/h3-5,10-11,19H,6-9H2,1-2H3. The van der Waals surface area contributed by atoms with E-state index in [1.54, 1.807) is 6.07 Å². The Bertz CT molecular complexity index is 453. The molecular weight excluding hydrogens is 267 g/mol. The maximum Gasteiger partial charge on any atom is 0.419 e. The maximum absolute atomic E-state index is 13.0. The summed E-state index contributed by atoms with van der Waals surface area (Å²) in [4.78, 5) is 0. The van der Waals surface area contributed by atoms with Gasteiger partial charge in [0.1, 0.15) is 5.75 Å². The second-order valence-corrected chi connectivity index (χ2v) is 5.30. The summed E-state index contributed by atoms with van der Waals surface area (Å²) in [6, 6.07) is 4.30. The summed E-state index contributed by atoms with van der Waals surface area (Å²) in [5, 5.41) is 3.27. The van der Waals surface area contributed by atoms with Crippen LogP contribution in [0.3, 0.4) is 0 Å². The van der Waals surface area contributed by atoms with Crippen molar-refractivity contribution in [1.29, 1.82) is 0 Å². The highest BCUT2D eigenvalue weighted by atomic mass is 19.4. The van der Waals surface area contributed by atoms with E-state index in [0.717, 1.165) is 32.0 Å². The fourth-order valence-electron chi connectivity index (χ4n) is 2.96. The third-order valence-electron chi connectivity index (χ3n) is 4.14. The Hall–Kier alpha value is -1.23. The molecule has 1 aromatic rings. The minimum atomic E-state index is -4.38. The zero-order chi connectivity index (χ0) is 14.8. The van der Waals surface area contributed by atoms with Gasteiger partial charge in [0.15, 0.2) is 0 Å². The number of halogens is 3. The Morgan fingerprint density at radius 3 is 2.45 bits per heavy atom. The summed E-state index contributed by atoms with van der Waals surface area (Å²) in [6.07, 6.45) is -2.41. The fraction of sp³-hybridized carbons (Fsp3) is 0.600. The quantitative estimate of drug-likeness (QED) is 0.912. The number of ether oxygens (including phenoxy) is 1. The van der Waals surface area contributed by atoms with E-state index in [4.69, 9.17) is 4.74 Å². The number of rotatable bonds is 3. The summed E-state index contributed by atoms with van der Waals surface area (Å²) in [5.41, 5.74) is -0.0208. The average Bonchev–Trinajstić information content (AvgIpc) is 2.45. The Morgan fingerprint density at radius 1 is 1.25 bits per heavy atom. The molecule has 5 heteroatoms. The van der Waals surface area contributed by atoms with Gasteiger partial charge in [-0.2, -0.15) is 13.2 Å². The first kappa shape index (κ1) is 15.2. The van der Waals surface area contributed by atoms with Gasteiger partial charge in [-0.05, 0) is 49.4 Å². The van der Waals surface area contributed by atoms with Crippen LogP contribution < -0.4 is 10.1 Å². The fourth-order valence-corrected chi connectivity index (χ4v) is 2.96. The number of piperidine rings is 1. The Morgan fingerprint density at radius 2 is 1.90 bits per heavy atom. The minimum Gasteiger partial charge on any atom is -0.496 e. The van der Waals surface area contributed by atoms with Crippen molar-refractivity contribution in [3.8, 4) is 5.75 Å². The molecule has 0 amide bonds. The predicted molar refractivity (Wildman–Crippen MR) is 72.0 cm³/mol. The van der Waals surface area contributed by atoms with Crippen molar-refractivity contribution in [1.82, 2.24) is 5.32 Å². The van der Waals surface area contributed by atoms with Crippen LogP contribution in [0.4, 0.5) is 13.2 Å². The number of methoxy groups -OCH3 is 1.